The van der Waals surface area contributed by atoms with Gasteiger partial charge in [0.2, 0.25) is 0 Å². The van der Waals surface area contributed by atoms with E-state index in [9.17, 15) is 33.3 Å². The predicted molar refractivity (Wildman–Crippen MR) is 126 cm³/mol. The molecular weight excluding hydrogens is 562 g/mol. The Kier molecular flexibility index (Phi) is 8.63. The van der Waals surface area contributed by atoms with Crippen LogP contribution in [0, 0.1) is 17.5 Å². The van der Waals surface area contributed by atoms with E-state index in [1.807, 2.05) is 0 Å². The Morgan fingerprint density at radius 3 is 2.49 bits per heavy atom. The van der Waals surface area contributed by atoms with Gasteiger partial charge in [-0.15, -0.1) is 5.10 Å². The zero-order valence-electron chi connectivity index (χ0n) is 18.5. The highest BCUT2D eigenvalue weighted by molar-refractivity contribution is 7.99. The van der Waals surface area contributed by atoms with Crippen LogP contribution in [-0.2, 0) is 14.3 Å². The Bertz CT molecular complexity index is 1280. The lowest BCUT2D eigenvalue weighted by Gasteiger charge is -2.43. The fraction of sp³-hybridized carbons (Fsp3) is 0.318. The molecule has 5 unspecified atom stereocenters. The third-order valence-electron chi connectivity index (χ3n) is 5.46. The molecule has 5 atom stereocenters. The van der Waals surface area contributed by atoms with Crippen LogP contribution in [0.25, 0.3) is 11.3 Å². The fourth-order valence-corrected chi connectivity index (χ4v) is 5.28. The minimum atomic E-state index is -1.65. The van der Waals surface area contributed by atoms with Crippen LogP contribution in [0.15, 0.2) is 41.4 Å². The van der Waals surface area contributed by atoms with Crippen LogP contribution in [0.2, 0.25) is 10.0 Å². The van der Waals surface area contributed by atoms with E-state index in [1.165, 1.54) is 6.20 Å². The van der Waals surface area contributed by atoms with Crippen molar-refractivity contribution in [3.8, 4) is 11.3 Å². The SMILES string of the molecule is O=C(O)COC1C(Sc2ccc(Cl)c(Cl)c2)OC(CO)C(O)C1n1cc(-c2cc(F)c(F)c(F)c2)nn1. The largest absolute Gasteiger partial charge is 0.480 e. The van der Waals surface area contributed by atoms with Gasteiger partial charge in [-0.05, 0) is 30.3 Å². The Hall–Kier alpha value is -2.39. The third kappa shape index (κ3) is 6.03. The maximum Gasteiger partial charge on any atom is 0.329 e. The average Bonchev–Trinajstić information content (AvgIpc) is 3.34. The molecule has 0 spiro atoms. The summed E-state index contributed by atoms with van der Waals surface area (Å²) < 4.78 is 53.4. The number of aliphatic hydroxyl groups is 2. The van der Waals surface area contributed by atoms with Gasteiger partial charge in [0.05, 0.1) is 22.8 Å². The van der Waals surface area contributed by atoms with Crippen LogP contribution in [0.3, 0.4) is 0 Å². The minimum Gasteiger partial charge on any atom is -0.480 e. The van der Waals surface area contributed by atoms with Gasteiger partial charge in [-0.1, -0.05) is 40.2 Å². The van der Waals surface area contributed by atoms with E-state index < -0.39 is 66.4 Å². The topological polar surface area (TPSA) is 127 Å². The number of ether oxygens (including phenoxy) is 2. The van der Waals surface area contributed by atoms with Crippen LogP contribution in [0.1, 0.15) is 6.04 Å². The highest BCUT2D eigenvalue weighted by Gasteiger charge is 2.48. The van der Waals surface area contributed by atoms with Crippen molar-refractivity contribution in [2.75, 3.05) is 13.2 Å². The van der Waals surface area contributed by atoms with Crippen LogP contribution >= 0.6 is 35.0 Å². The summed E-state index contributed by atoms with van der Waals surface area (Å²) >= 11 is 13.1. The highest BCUT2D eigenvalue weighted by atomic mass is 35.5. The van der Waals surface area contributed by atoms with E-state index >= 15 is 0 Å². The van der Waals surface area contributed by atoms with Crippen molar-refractivity contribution in [3.05, 3.63) is 64.0 Å². The Labute approximate surface area is 221 Å². The molecule has 3 aromatic rings. The lowest BCUT2D eigenvalue weighted by molar-refractivity contribution is -0.196. The van der Waals surface area contributed by atoms with E-state index in [0.29, 0.717) is 9.92 Å². The molecule has 2 heterocycles. The van der Waals surface area contributed by atoms with E-state index in [1.54, 1.807) is 18.2 Å². The van der Waals surface area contributed by atoms with Crippen molar-refractivity contribution in [3.63, 3.8) is 0 Å². The van der Waals surface area contributed by atoms with E-state index in [0.717, 1.165) is 28.6 Å². The number of benzene rings is 2. The quantitative estimate of drug-likeness (QED) is 0.343. The van der Waals surface area contributed by atoms with Gasteiger partial charge in [-0.2, -0.15) is 0 Å². The average molecular weight is 580 g/mol. The summed E-state index contributed by atoms with van der Waals surface area (Å²) in [7, 11) is 0. The molecule has 15 heteroatoms. The molecular formula is C22H18Cl2F3N3O6S. The van der Waals surface area contributed by atoms with Crippen molar-refractivity contribution in [1.82, 2.24) is 15.0 Å². The van der Waals surface area contributed by atoms with Crippen LogP contribution < -0.4 is 0 Å². The summed E-state index contributed by atoms with van der Waals surface area (Å²) in [5, 5.41) is 38.3. The lowest BCUT2D eigenvalue weighted by Crippen LogP contribution is -2.56. The number of carbonyl (C=O) groups is 1. The number of aliphatic hydroxyl groups excluding tert-OH is 2. The second kappa shape index (κ2) is 11.6. The number of halogens is 5. The van der Waals surface area contributed by atoms with Gasteiger partial charge >= 0.3 is 5.97 Å². The molecule has 198 valence electrons. The summed E-state index contributed by atoms with van der Waals surface area (Å²) in [4.78, 5) is 11.8. The lowest BCUT2D eigenvalue weighted by atomic mass is 9.97. The van der Waals surface area contributed by atoms with Gasteiger partial charge in [0.15, 0.2) is 17.5 Å². The molecule has 9 nitrogen and oxygen atoms in total. The predicted octanol–water partition coefficient (Wildman–Crippen LogP) is 3.55. The number of carboxylic acid groups (broad SMARTS) is 1. The van der Waals surface area contributed by atoms with Crippen molar-refractivity contribution in [2.45, 2.75) is 34.7 Å². The maximum absolute atomic E-state index is 13.7. The molecule has 37 heavy (non-hydrogen) atoms. The number of rotatable bonds is 8. The molecule has 0 aliphatic carbocycles. The Morgan fingerprint density at radius 1 is 1.16 bits per heavy atom. The highest BCUT2D eigenvalue weighted by Crippen LogP contribution is 2.41. The van der Waals surface area contributed by atoms with Crippen molar-refractivity contribution >= 4 is 40.9 Å². The first kappa shape index (κ1) is 27.6. The van der Waals surface area contributed by atoms with Crippen LogP contribution in [0.4, 0.5) is 13.2 Å². The van der Waals surface area contributed by atoms with Gasteiger partial charge in [0.1, 0.15) is 42.1 Å². The first-order valence-corrected chi connectivity index (χ1v) is 12.2. The number of hydrogen-bond donors (Lipinski definition) is 3. The molecule has 3 N–H and O–H groups in total. The molecule has 0 bridgehead atoms. The molecule has 1 aliphatic heterocycles. The van der Waals surface area contributed by atoms with E-state index in [4.69, 9.17) is 32.7 Å². The monoisotopic (exact) mass is 579 g/mol. The molecule has 4 rings (SSSR count). The van der Waals surface area contributed by atoms with Gasteiger partial charge in [-0.25, -0.2) is 22.6 Å². The fourth-order valence-electron chi connectivity index (χ4n) is 3.75. The van der Waals surface area contributed by atoms with Crippen LogP contribution in [-0.4, -0.2) is 73.2 Å². The second-order valence-electron chi connectivity index (χ2n) is 7.91. The normalized spacial score (nSPS) is 23.8. The Morgan fingerprint density at radius 2 is 1.86 bits per heavy atom. The first-order valence-electron chi connectivity index (χ1n) is 10.5. The number of aliphatic carboxylic acids is 1. The molecule has 2 aromatic carbocycles. The smallest absolute Gasteiger partial charge is 0.329 e. The van der Waals surface area contributed by atoms with E-state index in [2.05, 4.69) is 10.3 Å². The molecule has 1 saturated heterocycles. The summed E-state index contributed by atoms with van der Waals surface area (Å²) in [6.45, 7) is -1.38. The number of hydrogen-bond acceptors (Lipinski definition) is 8. The molecule has 1 fully saturated rings. The third-order valence-corrected chi connectivity index (χ3v) is 7.34. The summed E-state index contributed by atoms with van der Waals surface area (Å²) in [6.07, 6.45) is -2.57. The van der Waals surface area contributed by atoms with Gasteiger partial charge in [-0.3, -0.25) is 0 Å². The standard InChI is InChI=1S/C22H18Cl2F3N3O6S/c23-11-2-1-10(5-12(11)24)37-22-21(35-8-17(32)33)19(20(34)16(7-31)36-22)30-6-15(28-29-30)9-3-13(25)18(27)14(26)4-9/h1-6,16,19-22,31,34H,7-8H2,(H,32,33). The number of thioether (sulfide) groups is 1. The van der Waals surface area contributed by atoms with Crippen molar-refractivity contribution < 1.29 is 42.8 Å². The van der Waals surface area contributed by atoms with Crippen molar-refractivity contribution in [2.24, 2.45) is 0 Å². The summed E-state index contributed by atoms with van der Waals surface area (Å²) in [6, 6.07) is 5.02. The van der Waals surface area contributed by atoms with Gasteiger partial charge < -0.3 is 24.8 Å². The summed E-state index contributed by atoms with van der Waals surface area (Å²) in [5.41, 5.74) is -1.19. The zero-order chi connectivity index (χ0) is 26.9. The van der Waals surface area contributed by atoms with Crippen LogP contribution in [0.5, 0.6) is 0 Å². The van der Waals surface area contributed by atoms with Gasteiger partial charge in [0, 0.05) is 10.5 Å². The molecule has 0 radical (unpaired) electrons. The zero-order valence-corrected chi connectivity index (χ0v) is 20.8. The van der Waals surface area contributed by atoms with Gasteiger partial charge in [0.25, 0.3) is 0 Å². The van der Waals surface area contributed by atoms with Crippen molar-refractivity contribution in [1.29, 1.82) is 0 Å². The minimum absolute atomic E-state index is 0.0669. The second-order valence-corrected chi connectivity index (χ2v) is 9.89. The maximum atomic E-state index is 13.7. The number of aromatic nitrogens is 3. The summed E-state index contributed by atoms with van der Waals surface area (Å²) in [5.74, 6) is -5.81. The number of nitrogens with zero attached hydrogens (tertiary/aromatic N) is 3. The van der Waals surface area contributed by atoms with E-state index in [-0.39, 0.29) is 16.3 Å². The molecule has 0 saturated carbocycles. The number of carboxylic acids is 1. The molecule has 0 amide bonds. The molecule has 1 aromatic heterocycles. The Balaban J connectivity index is 1.72. The first-order chi connectivity index (χ1) is 17.6. The molecule has 1 aliphatic rings.